The minimum Gasteiger partial charge on any atom is -0.497 e. The summed E-state index contributed by atoms with van der Waals surface area (Å²) >= 11 is 0. The molecule has 0 spiro atoms. The highest BCUT2D eigenvalue weighted by Crippen LogP contribution is 2.24. The third-order valence-electron chi connectivity index (χ3n) is 2.43. The van der Waals surface area contributed by atoms with Gasteiger partial charge in [0.2, 0.25) is 0 Å². The highest BCUT2D eigenvalue weighted by molar-refractivity contribution is 5.40. The molecule has 0 aliphatic heterocycles. The van der Waals surface area contributed by atoms with Crippen molar-refractivity contribution in [2.45, 2.75) is 12.8 Å². The first kappa shape index (κ1) is 13.8. The van der Waals surface area contributed by atoms with Crippen LogP contribution in [0.3, 0.4) is 0 Å². The number of hydrogen-bond acceptors (Lipinski definition) is 4. The summed E-state index contributed by atoms with van der Waals surface area (Å²) in [5, 5.41) is 0. The number of rotatable bonds is 8. The summed E-state index contributed by atoms with van der Waals surface area (Å²) in [6, 6.07) is 5.79. The standard InChI is InChI=1S/C13H21NO3/c1-15-8-3-9-17-13-5-4-12(16-2)10-11(13)6-7-14/h4-5,10H,3,6-9,14H2,1-2H3. The summed E-state index contributed by atoms with van der Waals surface area (Å²) in [7, 11) is 3.34. The van der Waals surface area contributed by atoms with Crippen LogP contribution in [-0.2, 0) is 11.2 Å². The lowest BCUT2D eigenvalue weighted by molar-refractivity contribution is 0.172. The molecule has 0 bridgehead atoms. The van der Waals surface area contributed by atoms with Crippen LogP contribution in [-0.4, -0.2) is 34.0 Å². The van der Waals surface area contributed by atoms with Gasteiger partial charge in [-0.3, -0.25) is 0 Å². The molecule has 0 heterocycles. The highest BCUT2D eigenvalue weighted by atomic mass is 16.5. The Morgan fingerprint density at radius 1 is 1.18 bits per heavy atom. The van der Waals surface area contributed by atoms with Gasteiger partial charge >= 0.3 is 0 Å². The zero-order chi connectivity index (χ0) is 12.5. The number of benzene rings is 1. The Kier molecular flexibility index (Phi) is 6.43. The normalized spacial score (nSPS) is 10.3. The molecule has 0 fully saturated rings. The van der Waals surface area contributed by atoms with Crippen LogP contribution in [0.4, 0.5) is 0 Å². The van der Waals surface area contributed by atoms with E-state index in [1.54, 1.807) is 14.2 Å². The van der Waals surface area contributed by atoms with E-state index in [2.05, 4.69) is 0 Å². The first-order valence-electron chi connectivity index (χ1n) is 5.80. The van der Waals surface area contributed by atoms with Crippen LogP contribution in [0.1, 0.15) is 12.0 Å². The Morgan fingerprint density at radius 3 is 2.65 bits per heavy atom. The Balaban J connectivity index is 2.62. The van der Waals surface area contributed by atoms with Crippen molar-refractivity contribution in [3.63, 3.8) is 0 Å². The average Bonchev–Trinajstić information content (AvgIpc) is 2.36. The van der Waals surface area contributed by atoms with E-state index in [0.717, 1.165) is 29.9 Å². The molecule has 2 N–H and O–H groups in total. The zero-order valence-corrected chi connectivity index (χ0v) is 10.6. The van der Waals surface area contributed by atoms with E-state index in [9.17, 15) is 0 Å². The minimum absolute atomic E-state index is 0.599. The zero-order valence-electron chi connectivity index (χ0n) is 10.6. The lowest BCUT2D eigenvalue weighted by atomic mass is 10.1. The fourth-order valence-corrected chi connectivity index (χ4v) is 1.56. The molecular formula is C13H21NO3. The first-order valence-corrected chi connectivity index (χ1v) is 5.80. The van der Waals surface area contributed by atoms with Gasteiger partial charge < -0.3 is 19.9 Å². The van der Waals surface area contributed by atoms with E-state index >= 15 is 0 Å². The molecule has 0 saturated carbocycles. The van der Waals surface area contributed by atoms with Gasteiger partial charge in [0.25, 0.3) is 0 Å². The molecule has 0 aliphatic rings. The number of hydrogen-bond donors (Lipinski definition) is 1. The van der Waals surface area contributed by atoms with Gasteiger partial charge in [-0.15, -0.1) is 0 Å². The predicted octanol–water partition coefficient (Wildman–Crippen LogP) is 1.61. The Labute approximate surface area is 103 Å². The number of ether oxygens (including phenoxy) is 3. The smallest absolute Gasteiger partial charge is 0.122 e. The summed E-state index contributed by atoms with van der Waals surface area (Å²) in [6.07, 6.45) is 1.67. The molecular weight excluding hydrogens is 218 g/mol. The Hall–Kier alpha value is -1.26. The summed E-state index contributed by atoms with van der Waals surface area (Å²) < 4.78 is 15.9. The highest BCUT2D eigenvalue weighted by Gasteiger charge is 2.05. The molecule has 0 unspecified atom stereocenters. The Bertz CT molecular complexity index is 328. The first-order chi connectivity index (χ1) is 8.31. The van der Waals surface area contributed by atoms with Crippen molar-refractivity contribution in [2.75, 3.05) is 34.0 Å². The van der Waals surface area contributed by atoms with Gasteiger partial charge in [-0.2, -0.15) is 0 Å². The molecule has 0 atom stereocenters. The summed E-state index contributed by atoms with van der Waals surface area (Å²) in [5.41, 5.74) is 6.67. The van der Waals surface area contributed by atoms with E-state index in [4.69, 9.17) is 19.9 Å². The summed E-state index contributed by atoms with van der Waals surface area (Å²) in [4.78, 5) is 0. The van der Waals surface area contributed by atoms with Gasteiger partial charge in [-0.1, -0.05) is 0 Å². The van der Waals surface area contributed by atoms with Gasteiger partial charge in [0.15, 0.2) is 0 Å². The maximum absolute atomic E-state index is 5.70. The SMILES string of the molecule is COCCCOc1ccc(OC)cc1CCN. The van der Waals surface area contributed by atoms with Crippen LogP contribution in [0.25, 0.3) is 0 Å². The van der Waals surface area contributed by atoms with Gasteiger partial charge in [-0.25, -0.2) is 0 Å². The van der Waals surface area contributed by atoms with Gasteiger partial charge in [0.1, 0.15) is 11.5 Å². The van der Waals surface area contributed by atoms with E-state index in [1.807, 2.05) is 18.2 Å². The molecule has 0 saturated heterocycles. The quantitative estimate of drug-likeness (QED) is 0.700. The van der Waals surface area contributed by atoms with Gasteiger partial charge in [0, 0.05) is 20.1 Å². The third kappa shape index (κ3) is 4.63. The maximum atomic E-state index is 5.70. The molecule has 1 aromatic carbocycles. The second-order valence-corrected chi connectivity index (χ2v) is 3.71. The molecule has 0 aromatic heterocycles. The van der Waals surface area contributed by atoms with Crippen LogP contribution < -0.4 is 15.2 Å². The third-order valence-corrected chi connectivity index (χ3v) is 2.43. The summed E-state index contributed by atoms with van der Waals surface area (Å²) in [5.74, 6) is 1.71. The topological polar surface area (TPSA) is 53.7 Å². The maximum Gasteiger partial charge on any atom is 0.122 e. The Morgan fingerprint density at radius 2 is 2.00 bits per heavy atom. The lowest BCUT2D eigenvalue weighted by Gasteiger charge is -2.12. The van der Waals surface area contributed by atoms with Crippen LogP contribution in [0.2, 0.25) is 0 Å². The van der Waals surface area contributed by atoms with Crippen molar-refractivity contribution in [2.24, 2.45) is 5.73 Å². The molecule has 0 aliphatic carbocycles. The van der Waals surface area contributed by atoms with E-state index in [-0.39, 0.29) is 0 Å². The van der Waals surface area contributed by atoms with Crippen molar-refractivity contribution < 1.29 is 14.2 Å². The number of methoxy groups -OCH3 is 2. The molecule has 17 heavy (non-hydrogen) atoms. The monoisotopic (exact) mass is 239 g/mol. The molecule has 1 aromatic rings. The van der Waals surface area contributed by atoms with Crippen LogP contribution >= 0.6 is 0 Å². The van der Waals surface area contributed by atoms with E-state index < -0.39 is 0 Å². The van der Waals surface area contributed by atoms with Gasteiger partial charge in [0.05, 0.1) is 13.7 Å². The lowest BCUT2D eigenvalue weighted by Crippen LogP contribution is -2.07. The fraction of sp³-hybridized carbons (Fsp3) is 0.538. The molecule has 96 valence electrons. The van der Waals surface area contributed by atoms with Crippen molar-refractivity contribution in [1.29, 1.82) is 0 Å². The van der Waals surface area contributed by atoms with Crippen molar-refractivity contribution in [1.82, 2.24) is 0 Å². The van der Waals surface area contributed by atoms with Crippen LogP contribution in [0.15, 0.2) is 18.2 Å². The predicted molar refractivity (Wildman–Crippen MR) is 67.7 cm³/mol. The minimum atomic E-state index is 0.599. The van der Waals surface area contributed by atoms with Crippen molar-refractivity contribution in [3.05, 3.63) is 23.8 Å². The second kappa shape index (κ2) is 7.92. The molecule has 0 radical (unpaired) electrons. The largest absolute Gasteiger partial charge is 0.497 e. The average molecular weight is 239 g/mol. The second-order valence-electron chi connectivity index (χ2n) is 3.71. The number of nitrogens with two attached hydrogens (primary N) is 1. The van der Waals surface area contributed by atoms with Crippen LogP contribution in [0.5, 0.6) is 11.5 Å². The molecule has 1 rings (SSSR count). The van der Waals surface area contributed by atoms with Crippen molar-refractivity contribution >= 4 is 0 Å². The molecule has 4 heteroatoms. The van der Waals surface area contributed by atoms with Crippen molar-refractivity contribution in [3.8, 4) is 11.5 Å². The van der Waals surface area contributed by atoms with E-state index in [1.165, 1.54) is 0 Å². The molecule has 4 nitrogen and oxygen atoms in total. The molecule has 0 amide bonds. The fourth-order valence-electron chi connectivity index (χ4n) is 1.56. The van der Waals surface area contributed by atoms with Gasteiger partial charge in [-0.05, 0) is 36.7 Å². The summed E-state index contributed by atoms with van der Waals surface area (Å²) in [6.45, 7) is 1.96. The van der Waals surface area contributed by atoms with E-state index in [0.29, 0.717) is 19.8 Å². The van der Waals surface area contributed by atoms with Crippen LogP contribution in [0, 0.1) is 0 Å².